The highest BCUT2D eigenvalue weighted by atomic mass is 19.1. The number of halogens is 1. The first-order valence-electron chi connectivity index (χ1n) is 12.7. The number of rotatable bonds is 6. The predicted molar refractivity (Wildman–Crippen MR) is 132 cm³/mol. The first-order chi connectivity index (χ1) is 17.4. The summed E-state index contributed by atoms with van der Waals surface area (Å²) in [7, 11) is 0. The maximum atomic E-state index is 14.8. The van der Waals surface area contributed by atoms with Gasteiger partial charge >= 0.3 is 0 Å². The fourth-order valence-electron chi connectivity index (χ4n) is 5.76. The van der Waals surface area contributed by atoms with Crippen LogP contribution in [0.1, 0.15) is 55.5 Å². The van der Waals surface area contributed by atoms with Crippen LogP contribution in [0.5, 0.6) is 5.75 Å². The van der Waals surface area contributed by atoms with E-state index in [0.29, 0.717) is 42.2 Å². The van der Waals surface area contributed by atoms with Gasteiger partial charge in [0.15, 0.2) is 18.2 Å². The van der Waals surface area contributed by atoms with Crippen LogP contribution in [0.3, 0.4) is 0 Å². The van der Waals surface area contributed by atoms with Crippen LogP contribution in [0.25, 0.3) is 11.0 Å². The van der Waals surface area contributed by atoms with Gasteiger partial charge in [0.05, 0.1) is 35.1 Å². The molecule has 3 aliphatic heterocycles. The van der Waals surface area contributed by atoms with Crippen LogP contribution in [0.2, 0.25) is 0 Å². The van der Waals surface area contributed by atoms with E-state index in [4.69, 9.17) is 9.47 Å². The predicted octanol–water partition coefficient (Wildman–Crippen LogP) is 4.00. The zero-order chi connectivity index (χ0) is 24.8. The van der Waals surface area contributed by atoms with Crippen molar-refractivity contribution in [2.75, 3.05) is 18.5 Å². The van der Waals surface area contributed by atoms with Crippen LogP contribution < -0.4 is 15.4 Å². The number of nitrogens with zero attached hydrogens (tertiary/aromatic N) is 3. The van der Waals surface area contributed by atoms with Crippen LogP contribution in [0.4, 0.5) is 10.2 Å². The second-order valence-electron chi connectivity index (χ2n) is 10.4. The van der Waals surface area contributed by atoms with Gasteiger partial charge in [-0.2, -0.15) is 0 Å². The van der Waals surface area contributed by atoms with E-state index in [1.165, 1.54) is 6.20 Å². The normalized spacial score (nSPS) is 25.2. The van der Waals surface area contributed by atoms with Crippen LogP contribution in [0, 0.1) is 12.7 Å². The molecular weight excluding hydrogens is 461 g/mol. The highest BCUT2D eigenvalue weighted by Gasteiger charge is 2.46. The summed E-state index contributed by atoms with van der Waals surface area (Å²) in [5, 5.41) is 6.48. The SMILES string of the molecule is Cc1ccc2ncc(F)c(CCC34CCCC(NCc5ccc6c(n5)NC(=O)CO6)(CC3)CO4)c2n1. The Morgan fingerprint density at radius 2 is 2.06 bits per heavy atom. The molecule has 188 valence electrons. The van der Waals surface area contributed by atoms with Crippen molar-refractivity contribution in [2.24, 2.45) is 0 Å². The topological polar surface area (TPSA) is 98.3 Å². The van der Waals surface area contributed by atoms with E-state index in [9.17, 15) is 9.18 Å². The number of ether oxygens (including phenoxy) is 2. The molecule has 7 rings (SSSR count). The van der Waals surface area contributed by atoms with Crippen molar-refractivity contribution in [2.45, 2.75) is 69.6 Å². The van der Waals surface area contributed by atoms with Gasteiger partial charge < -0.3 is 20.1 Å². The van der Waals surface area contributed by atoms with Gasteiger partial charge in [-0.05, 0) is 76.1 Å². The van der Waals surface area contributed by atoms with Crippen LogP contribution in [-0.2, 0) is 22.5 Å². The summed E-state index contributed by atoms with van der Waals surface area (Å²) in [6.45, 7) is 3.14. The van der Waals surface area contributed by atoms with Crippen molar-refractivity contribution in [3.63, 3.8) is 0 Å². The Labute approximate surface area is 209 Å². The third-order valence-electron chi connectivity index (χ3n) is 7.91. The zero-order valence-corrected chi connectivity index (χ0v) is 20.4. The van der Waals surface area contributed by atoms with Gasteiger partial charge in [-0.25, -0.2) is 9.37 Å². The third kappa shape index (κ3) is 4.41. The summed E-state index contributed by atoms with van der Waals surface area (Å²) in [6, 6.07) is 7.58. The summed E-state index contributed by atoms with van der Waals surface area (Å²) in [5.74, 6) is 0.588. The van der Waals surface area contributed by atoms with E-state index in [0.717, 1.165) is 55.4 Å². The average molecular weight is 492 g/mol. The van der Waals surface area contributed by atoms with E-state index < -0.39 is 0 Å². The molecule has 4 aliphatic rings. The number of hydrogen-bond acceptors (Lipinski definition) is 7. The first-order valence-corrected chi connectivity index (χ1v) is 12.7. The van der Waals surface area contributed by atoms with Crippen molar-refractivity contribution in [1.29, 1.82) is 0 Å². The first kappa shape index (κ1) is 23.2. The van der Waals surface area contributed by atoms with Gasteiger partial charge in [0, 0.05) is 23.3 Å². The summed E-state index contributed by atoms with van der Waals surface area (Å²) in [4.78, 5) is 25.0. The number of carbonyl (C=O) groups excluding carboxylic acids is 1. The second kappa shape index (κ2) is 9.05. The number of pyridine rings is 3. The lowest BCUT2D eigenvalue weighted by molar-refractivity contribution is -0.118. The molecule has 0 aromatic carbocycles. The summed E-state index contributed by atoms with van der Waals surface area (Å²) in [5.41, 5.74) is 3.38. The van der Waals surface area contributed by atoms with Crippen molar-refractivity contribution in [3.8, 4) is 5.75 Å². The Hall–Kier alpha value is -3.17. The standard InChI is InChI=1S/C27H30FN5O3/c1-17-3-5-21-24(31-17)19(20(28)14-29-21)7-10-27-9-2-8-26(11-12-27,16-36-27)30-13-18-4-6-22-25(32-18)33-23(34)15-35-22/h3-6,14,30H,2,7-13,15-16H2,1H3,(H,32,33,34). The maximum absolute atomic E-state index is 14.8. The molecule has 9 heteroatoms. The van der Waals surface area contributed by atoms with E-state index in [1.54, 1.807) is 0 Å². The lowest BCUT2D eigenvalue weighted by Crippen LogP contribution is -2.53. The minimum absolute atomic E-state index is 0.0225. The molecule has 2 unspecified atom stereocenters. The number of fused-ring (bicyclic) bond motifs is 6. The van der Waals surface area contributed by atoms with Crippen LogP contribution >= 0.6 is 0 Å². The number of aromatic nitrogens is 3. The van der Waals surface area contributed by atoms with E-state index >= 15 is 0 Å². The number of hydrogen-bond donors (Lipinski definition) is 2. The lowest BCUT2D eigenvalue weighted by Gasteiger charge is -2.43. The second-order valence-corrected chi connectivity index (χ2v) is 10.4. The molecule has 0 radical (unpaired) electrons. The molecule has 2 atom stereocenters. The van der Waals surface area contributed by atoms with Crippen molar-refractivity contribution in [1.82, 2.24) is 20.3 Å². The molecule has 1 amide bonds. The maximum Gasteiger partial charge on any atom is 0.263 e. The largest absolute Gasteiger partial charge is 0.480 e. The molecule has 8 nitrogen and oxygen atoms in total. The van der Waals surface area contributed by atoms with Crippen LogP contribution in [-0.4, -0.2) is 45.2 Å². The molecule has 3 aromatic heterocycles. The molecular formula is C27H30FN5O3. The molecule has 0 spiro atoms. The quantitative estimate of drug-likeness (QED) is 0.538. The molecule has 36 heavy (non-hydrogen) atoms. The molecule has 3 fully saturated rings. The zero-order valence-electron chi connectivity index (χ0n) is 20.4. The molecule has 6 heterocycles. The Bertz CT molecular complexity index is 1320. The van der Waals surface area contributed by atoms with Gasteiger partial charge in [-0.15, -0.1) is 0 Å². The van der Waals surface area contributed by atoms with E-state index in [-0.39, 0.29) is 29.5 Å². The highest BCUT2D eigenvalue weighted by Crippen LogP contribution is 2.44. The fraction of sp³-hybridized carbons (Fsp3) is 0.481. The van der Waals surface area contributed by atoms with Crippen LogP contribution in [0.15, 0.2) is 30.5 Å². The Morgan fingerprint density at radius 1 is 1.14 bits per heavy atom. The molecule has 3 aromatic rings. The Balaban J connectivity index is 1.12. The van der Waals surface area contributed by atoms with Crippen molar-refractivity contribution < 1.29 is 18.7 Å². The van der Waals surface area contributed by atoms with Crippen molar-refractivity contribution >= 4 is 22.8 Å². The molecule has 2 saturated heterocycles. The Morgan fingerprint density at radius 3 is 2.92 bits per heavy atom. The number of anilines is 1. The molecule has 1 saturated carbocycles. The number of carbonyl (C=O) groups is 1. The monoisotopic (exact) mass is 491 g/mol. The van der Waals surface area contributed by atoms with Gasteiger partial charge in [0.2, 0.25) is 0 Å². The van der Waals surface area contributed by atoms with E-state index in [2.05, 4.69) is 25.6 Å². The third-order valence-corrected chi connectivity index (χ3v) is 7.91. The van der Waals surface area contributed by atoms with E-state index in [1.807, 2.05) is 31.2 Å². The fourth-order valence-corrected chi connectivity index (χ4v) is 5.76. The summed E-state index contributed by atoms with van der Waals surface area (Å²) < 4.78 is 26.8. The highest BCUT2D eigenvalue weighted by molar-refractivity contribution is 5.94. The number of amides is 1. The van der Waals surface area contributed by atoms with Crippen molar-refractivity contribution in [3.05, 3.63) is 53.2 Å². The average Bonchev–Trinajstić information content (AvgIpc) is 3.17. The molecule has 2 N–H and O–H groups in total. The number of aryl methyl sites for hydroxylation is 2. The van der Waals surface area contributed by atoms with Gasteiger partial charge in [0.1, 0.15) is 5.82 Å². The molecule has 1 aliphatic carbocycles. The van der Waals surface area contributed by atoms with Gasteiger partial charge in [-0.1, -0.05) is 0 Å². The van der Waals surface area contributed by atoms with Gasteiger partial charge in [-0.3, -0.25) is 14.8 Å². The van der Waals surface area contributed by atoms with Gasteiger partial charge in [0.25, 0.3) is 5.91 Å². The smallest absolute Gasteiger partial charge is 0.263 e. The minimum Gasteiger partial charge on any atom is -0.480 e. The lowest BCUT2D eigenvalue weighted by atomic mass is 9.82. The Kier molecular flexibility index (Phi) is 5.84. The molecule has 2 bridgehead atoms. The summed E-state index contributed by atoms with van der Waals surface area (Å²) >= 11 is 0. The minimum atomic E-state index is -0.295. The number of nitrogens with one attached hydrogen (secondary N) is 2. The summed E-state index contributed by atoms with van der Waals surface area (Å²) in [6.07, 6.45) is 7.61.